The Kier molecular flexibility index (Phi) is 7.36. The second-order valence-corrected chi connectivity index (χ2v) is 6.11. The van der Waals surface area contributed by atoms with E-state index in [9.17, 15) is 9.90 Å². The van der Waals surface area contributed by atoms with Gasteiger partial charge in [0, 0.05) is 51.4 Å². The predicted molar refractivity (Wildman–Crippen MR) is 93.6 cm³/mol. The van der Waals surface area contributed by atoms with Gasteiger partial charge in [-0.2, -0.15) is 0 Å². The zero-order chi connectivity index (χ0) is 16.5. The maximum Gasteiger partial charge on any atom is 0.221 e. The lowest BCUT2D eigenvalue weighted by Crippen LogP contribution is -2.47. The summed E-state index contributed by atoms with van der Waals surface area (Å²) < 4.78 is 0. The van der Waals surface area contributed by atoms with Crippen LogP contribution in [-0.2, 0) is 4.79 Å². The maximum absolute atomic E-state index is 11.8. The van der Waals surface area contributed by atoms with Crippen molar-refractivity contribution >= 4 is 11.6 Å². The van der Waals surface area contributed by atoms with Crippen molar-refractivity contribution in [3.8, 4) is 0 Å². The standard InChI is InChI=1S/C18H29N3O2/c1-2-17(22)8-10-19-18(23)9-11-20-12-14-21(15-13-20)16-6-4-3-5-7-16/h3-7,17,22H,2,8-15H2,1H3,(H,19,23). The molecule has 1 aliphatic rings. The maximum atomic E-state index is 11.8. The number of para-hydroxylation sites is 1. The number of anilines is 1. The number of piperazine rings is 1. The van der Waals surface area contributed by atoms with E-state index in [1.807, 2.05) is 13.0 Å². The number of amides is 1. The molecule has 1 heterocycles. The molecule has 5 nitrogen and oxygen atoms in total. The zero-order valence-electron chi connectivity index (χ0n) is 14.1. The van der Waals surface area contributed by atoms with Gasteiger partial charge in [-0.3, -0.25) is 9.69 Å². The first-order valence-electron chi connectivity index (χ1n) is 8.66. The number of carbonyl (C=O) groups excluding carboxylic acids is 1. The molecule has 1 saturated heterocycles. The minimum Gasteiger partial charge on any atom is -0.393 e. The van der Waals surface area contributed by atoms with Crippen LogP contribution in [0, 0.1) is 0 Å². The molecule has 23 heavy (non-hydrogen) atoms. The van der Waals surface area contributed by atoms with Crippen LogP contribution in [0.15, 0.2) is 30.3 Å². The van der Waals surface area contributed by atoms with E-state index in [0.29, 0.717) is 19.4 Å². The molecule has 0 aliphatic carbocycles. The van der Waals surface area contributed by atoms with Crippen LogP contribution in [0.3, 0.4) is 0 Å². The molecule has 0 aromatic heterocycles. The highest BCUT2D eigenvalue weighted by Crippen LogP contribution is 2.15. The lowest BCUT2D eigenvalue weighted by molar-refractivity contribution is -0.121. The number of nitrogens with one attached hydrogen (secondary N) is 1. The molecule has 2 N–H and O–H groups in total. The molecule has 0 radical (unpaired) electrons. The number of hydrogen-bond donors (Lipinski definition) is 2. The fourth-order valence-electron chi connectivity index (χ4n) is 2.80. The van der Waals surface area contributed by atoms with E-state index in [4.69, 9.17) is 0 Å². The van der Waals surface area contributed by atoms with Gasteiger partial charge in [0.1, 0.15) is 0 Å². The van der Waals surface area contributed by atoms with Crippen molar-refractivity contribution in [3.63, 3.8) is 0 Å². The summed E-state index contributed by atoms with van der Waals surface area (Å²) in [6.45, 7) is 7.33. The largest absolute Gasteiger partial charge is 0.393 e. The fourth-order valence-corrected chi connectivity index (χ4v) is 2.80. The van der Waals surface area contributed by atoms with Crippen LogP contribution in [0.1, 0.15) is 26.2 Å². The fraction of sp³-hybridized carbons (Fsp3) is 0.611. The Morgan fingerprint density at radius 2 is 1.91 bits per heavy atom. The van der Waals surface area contributed by atoms with E-state index in [1.54, 1.807) is 0 Å². The van der Waals surface area contributed by atoms with Crippen LogP contribution >= 0.6 is 0 Å². The highest BCUT2D eigenvalue weighted by atomic mass is 16.3. The quantitative estimate of drug-likeness (QED) is 0.762. The first kappa shape index (κ1) is 17.8. The molecule has 5 heteroatoms. The summed E-state index contributed by atoms with van der Waals surface area (Å²) in [5.74, 6) is 0.0822. The van der Waals surface area contributed by atoms with Gasteiger partial charge in [-0.25, -0.2) is 0 Å². The summed E-state index contributed by atoms with van der Waals surface area (Å²) >= 11 is 0. The number of rotatable bonds is 8. The minimum absolute atomic E-state index is 0.0822. The molecular weight excluding hydrogens is 290 g/mol. The van der Waals surface area contributed by atoms with Crippen LogP contribution in [0.4, 0.5) is 5.69 Å². The Balaban J connectivity index is 1.60. The minimum atomic E-state index is -0.304. The number of carbonyl (C=O) groups is 1. The normalized spacial score (nSPS) is 17.0. The van der Waals surface area contributed by atoms with Gasteiger partial charge in [0.2, 0.25) is 5.91 Å². The summed E-state index contributed by atoms with van der Waals surface area (Å²) in [6, 6.07) is 10.5. The van der Waals surface area contributed by atoms with Crippen LogP contribution in [0.25, 0.3) is 0 Å². The third-order valence-corrected chi connectivity index (χ3v) is 4.42. The van der Waals surface area contributed by atoms with Crippen molar-refractivity contribution in [1.29, 1.82) is 0 Å². The highest BCUT2D eigenvalue weighted by molar-refractivity contribution is 5.76. The van der Waals surface area contributed by atoms with Crippen LogP contribution in [0.2, 0.25) is 0 Å². The zero-order valence-corrected chi connectivity index (χ0v) is 14.1. The third-order valence-electron chi connectivity index (χ3n) is 4.42. The average Bonchev–Trinajstić information content (AvgIpc) is 2.61. The molecular formula is C18H29N3O2. The predicted octanol–water partition coefficient (Wildman–Crippen LogP) is 1.48. The van der Waals surface area contributed by atoms with Gasteiger partial charge in [-0.15, -0.1) is 0 Å². The number of aliphatic hydroxyl groups is 1. The Morgan fingerprint density at radius 3 is 2.57 bits per heavy atom. The van der Waals surface area contributed by atoms with Gasteiger partial charge < -0.3 is 15.3 Å². The van der Waals surface area contributed by atoms with E-state index >= 15 is 0 Å². The van der Waals surface area contributed by atoms with E-state index < -0.39 is 0 Å². The molecule has 1 aromatic carbocycles. The molecule has 0 bridgehead atoms. The van der Waals surface area contributed by atoms with E-state index in [0.717, 1.165) is 39.1 Å². The highest BCUT2D eigenvalue weighted by Gasteiger charge is 2.17. The topological polar surface area (TPSA) is 55.8 Å². The van der Waals surface area contributed by atoms with Gasteiger partial charge in [0.25, 0.3) is 0 Å². The number of nitrogens with zero attached hydrogens (tertiary/aromatic N) is 2. The van der Waals surface area contributed by atoms with Crippen molar-refractivity contribution in [1.82, 2.24) is 10.2 Å². The van der Waals surface area contributed by atoms with Gasteiger partial charge in [0.05, 0.1) is 6.10 Å². The molecule has 1 amide bonds. The number of benzene rings is 1. The summed E-state index contributed by atoms with van der Waals surface area (Å²) in [4.78, 5) is 16.6. The SMILES string of the molecule is CCC(O)CCNC(=O)CCN1CCN(c2ccccc2)CC1. The van der Waals surface area contributed by atoms with E-state index in [2.05, 4.69) is 39.4 Å². The molecule has 1 aromatic rings. The van der Waals surface area contributed by atoms with Gasteiger partial charge in [-0.1, -0.05) is 25.1 Å². The lowest BCUT2D eigenvalue weighted by atomic mass is 10.2. The van der Waals surface area contributed by atoms with Crippen LogP contribution in [-0.4, -0.2) is 61.3 Å². The number of aliphatic hydroxyl groups excluding tert-OH is 1. The lowest BCUT2D eigenvalue weighted by Gasteiger charge is -2.36. The molecule has 1 atom stereocenters. The molecule has 1 unspecified atom stereocenters. The number of hydrogen-bond acceptors (Lipinski definition) is 4. The summed E-state index contributed by atoms with van der Waals surface area (Å²) in [7, 11) is 0. The average molecular weight is 319 g/mol. The van der Waals surface area contributed by atoms with Crippen molar-refractivity contribution in [2.24, 2.45) is 0 Å². The second kappa shape index (κ2) is 9.53. The van der Waals surface area contributed by atoms with E-state index in [1.165, 1.54) is 5.69 Å². The molecule has 1 fully saturated rings. The van der Waals surface area contributed by atoms with Crippen LogP contribution in [0.5, 0.6) is 0 Å². The molecule has 2 rings (SSSR count). The van der Waals surface area contributed by atoms with Crippen molar-refractivity contribution < 1.29 is 9.90 Å². The molecule has 0 saturated carbocycles. The third kappa shape index (κ3) is 6.20. The van der Waals surface area contributed by atoms with Crippen LogP contribution < -0.4 is 10.2 Å². The first-order chi connectivity index (χ1) is 11.2. The molecule has 128 valence electrons. The molecule has 0 spiro atoms. The van der Waals surface area contributed by atoms with Gasteiger partial charge in [-0.05, 0) is 25.0 Å². The van der Waals surface area contributed by atoms with Crippen molar-refractivity contribution in [2.45, 2.75) is 32.3 Å². The molecule has 1 aliphatic heterocycles. The first-order valence-corrected chi connectivity index (χ1v) is 8.66. The van der Waals surface area contributed by atoms with Gasteiger partial charge >= 0.3 is 0 Å². The van der Waals surface area contributed by atoms with E-state index in [-0.39, 0.29) is 12.0 Å². The summed E-state index contributed by atoms with van der Waals surface area (Å²) in [6.07, 6.45) is 1.61. The van der Waals surface area contributed by atoms with Gasteiger partial charge in [0.15, 0.2) is 0 Å². The Hall–Kier alpha value is -1.59. The Morgan fingerprint density at radius 1 is 1.22 bits per heavy atom. The summed E-state index contributed by atoms with van der Waals surface area (Å²) in [5.41, 5.74) is 1.28. The second-order valence-electron chi connectivity index (χ2n) is 6.11. The Bertz CT molecular complexity index is 459. The van der Waals surface area contributed by atoms with Crippen molar-refractivity contribution in [3.05, 3.63) is 30.3 Å². The Labute approximate surface area is 139 Å². The smallest absolute Gasteiger partial charge is 0.221 e. The van der Waals surface area contributed by atoms with Crippen molar-refractivity contribution in [2.75, 3.05) is 44.2 Å². The summed E-state index contributed by atoms with van der Waals surface area (Å²) in [5, 5.41) is 12.3. The monoisotopic (exact) mass is 319 g/mol.